The lowest BCUT2D eigenvalue weighted by Crippen LogP contribution is -2.04. The minimum Gasteiger partial charge on any atom is -0.456 e. The summed E-state index contributed by atoms with van der Waals surface area (Å²) in [4.78, 5) is 11.1. The van der Waals surface area contributed by atoms with Crippen molar-refractivity contribution in [3.8, 4) is 11.8 Å². The van der Waals surface area contributed by atoms with Crippen LogP contribution >= 0.6 is 0 Å². The SMILES string of the molecule is CC1(C)CC1C#CC(=O)OCC1CC1. The number of carbonyl (C=O) groups is 1. The second-order valence-corrected chi connectivity index (χ2v) is 5.06. The van der Waals surface area contributed by atoms with Gasteiger partial charge in [0.1, 0.15) is 0 Å². The Morgan fingerprint density at radius 2 is 2.14 bits per heavy atom. The predicted octanol–water partition coefficient (Wildman–Crippen LogP) is 1.99. The van der Waals surface area contributed by atoms with Gasteiger partial charge in [0.2, 0.25) is 0 Å². The van der Waals surface area contributed by atoms with Crippen molar-refractivity contribution in [2.45, 2.75) is 33.1 Å². The molecule has 14 heavy (non-hydrogen) atoms. The smallest absolute Gasteiger partial charge is 0.384 e. The second kappa shape index (κ2) is 3.31. The number of rotatable bonds is 2. The van der Waals surface area contributed by atoms with Crippen LogP contribution in [0.15, 0.2) is 0 Å². The Kier molecular flexibility index (Phi) is 2.26. The lowest BCUT2D eigenvalue weighted by Gasteiger charge is -1.96. The molecule has 1 atom stereocenters. The first-order valence-corrected chi connectivity index (χ1v) is 5.26. The molecule has 0 aromatic heterocycles. The minimum absolute atomic E-state index is 0.323. The van der Waals surface area contributed by atoms with Crippen molar-refractivity contribution in [3.63, 3.8) is 0 Å². The average Bonchev–Trinajstić information content (AvgIpc) is 2.97. The van der Waals surface area contributed by atoms with Crippen LogP contribution < -0.4 is 0 Å². The summed E-state index contributed by atoms with van der Waals surface area (Å²) in [6.07, 6.45) is 3.52. The Labute approximate surface area is 85.0 Å². The van der Waals surface area contributed by atoms with E-state index in [1.54, 1.807) is 0 Å². The molecule has 0 spiro atoms. The molecule has 2 saturated carbocycles. The fourth-order valence-electron chi connectivity index (χ4n) is 1.37. The summed E-state index contributed by atoms with van der Waals surface area (Å²) in [5.74, 6) is 6.21. The molecule has 0 heterocycles. The van der Waals surface area contributed by atoms with E-state index in [0.29, 0.717) is 23.9 Å². The van der Waals surface area contributed by atoms with Gasteiger partial charge in [0.15, 0.2) is 0 Å². The molecule has 2 fully saturated rings. The molecule has 2 heteroatoms. The lowest BCUT2D eigenvalue weighted by molar-refractivity contribution is -0.137. The first-order chi connectivity index (χ1) is 6.58. The van der Waals surface area contributed by atoms with Crippen molar-refractivity contribution in [2.24, 2.45) is 17.3 Å². The van der Waals surface area contributed by atoms with E-state index in [-0.39, 0.29) is 5.97 Å². The Bertz CT molecular complexity index is 302. The van der Waals surface area contributed by atoms with Crippen LogP contribution in [-0.2, 0) is 9.53 Å². The van der Waals surface area contributed by atoms with Gasteiger partial charge in [-0.3, -0.25) is 0 Å². The molecule has 2 rings (SSSR count). The van der Waals surface area contributed by atoms with Crippen molar-refractivity contribution < 1.29 is 9.53 Å². The third-order valence-corrected chi connectivity index (χ3v) is 3.01. The molecule has 0 radical (unpaired) electrons. The van der Waals surface area contributed by atoms with Crippen molar-refractivity contribution in [2.75, 3.05) is 6.61 Å². The quantitative estimate of drug-likeness (QED) is 0.380. The van der Waals surface area contributed by atoms with Crippen LogP contribution in [0.4, 0.5) is 0 Å². The summed E-state index contributed by atoms with van der Waals surface area (Å²) in [5, 5.41) is 0. The van der Waals surface area contributed by atoms with Gasteiger partial charge in [0.05, 0.1) is 6.61 Å². The molecule has 0 bridgehead atoms. The van der Waals surface area contributed by atoms with E-state index in [0.717, 1.165) is 6.42 Å². The van der Waals surface area contributed by atoms with E-state index in [1.165, 1.54) is 12.8 Å². The zero-order valence-corrected chi connectivity index (χ0v) is 8.80. The van der Waals surface area contributed by atoms with Gasteiger partial charge >= 0.3 is 5.97 Å². The normalized spacial score (nSPS) is 27.4. The number of hydrogen-bond donors (Lipinski definition) is 0. The van der Waals surface area contributed by atoms with E-state index in [2.05, 4.69) is 25.7 Å². The first kappa shape index (κ1) is 9.58. The Balaban J connectivity index is 1.70. The molecular formula is C12H16O2. The highest BCUT2D eigenvalue weighted by atomic mass is 16.5. The summed E-state index contributed by atoms with van der Waals surface area (Å²) >= 11 is 0. The van der Waals surface area contributed by atoms with E-state index in [9.17, 15) is 4.79 Å². The summed E-state index contributed by atoms with van der Waals surface area (Å²) in [7, 11) is 0. The summed E-state index contributed by atoms with van der Waals surface area (Å²) in [6.45, 7) is 4.91. The largest absolute Gasteiger partial charge is 0.456 e. The van der Waals surface area contributed by atoms with Gasteiger partial charge in [-0.05, 0) is 30.6 Å². The van der Waals surface area contributed by atoms with Gasteiger partial charge in [-0.1, -0.05) is 19.8 Å². The van der Waals surface area contributed by atoms with Gasteiger partial charge in [-0.25, -0.2) is 4.79 Å². The average molecular weight is 192 g/mol. The Morgan fingerprint density at radius 3 is 2.64 bits per heavy atom. The van der Waals surface area contributed by atoms with Crippen LogP contribution in [-0.4, -0.2) is 12.6 Å². The molecule has 2 nitrogen and oxygen atoms in total. The monoisotopic (exact) mass is 192 g/mol. The minimum atomic E-state index is -0.348. The summed E-state index contributed by atoms with van der Waals surface area (Å²) in [5.41, 5.74) is 0.323. The fourth-order valence-corrected chi connectivity index (χ4v) is 1.37. The van der Waals surface area contributed by atoms with Crippen LogP contribution in [0.2, 0.25) is 0 Å². The maximum absolute atomic E-state index is 11.1. The zero-order valence-electron chi connectivity index (χ0n) is 8.80. The van der Waals surface area contributed by atoms with Crippen molar-refractivity contribution in [3.05, 3.63) is 0 Å². The predicted molar refractivity (Wildman–Crippen MR) is 53.3 cm³/mol. The summed E-state index contributed by atoms with van der Waals surface area (Å²) < 4.78 is 5.00. The lowest BCUT2D eigenvalue weighted by atomic mass is 10.1. The molecule has 1 unspecified atom stereocenters. The van der Waals surface area contributed by atoms with Gasteiger partial charge in [0.25, 0.3) is 0 Å². The zero-order chi connectivity index (χ0) is 10.2. The molecule has 0 amide bonds. The van der Waals surface area contributed by atoms with Crippen LogP contribution in [0.5, 0.6) is 0 Å². The van der Waals surface area contributed by atoms with Crippen LogP contribution in [0.3, 0.4) is 0 Å². The molecule has 76 valence electrons. The highest BCUT2D eigenvalue weighted by molar-refractivity contribution is 5.88. The number of esters is 1. The first-order valence-electron chi connectivity index (χ1n) is 5.26. The maximum Gasteiger partial charge on any atom is 0.384 e. The van der Waals surface area contributed by atoms with Gasteiger partial charge in [0, 0.05) is 11.8 Å². The molecule has 2 aliphatic rings. The maximum atomic E-state index is 11.1. The molecule has 0 aliphatic heterocycles. The second-order valence-electron chi connectivity index (χ2n) is 5.06. The molecule has 0 aromatic carbocycles. The van der Waals surface area contributed by atoms with E-state index in [4.69, 9.17) is 4.74 Å². The van der Waals surface area contributed by atoms with Crippen molar-refractivity contribution >= 4 is 5.97 Å². The molecular weight excluding hydrogens is 176 g/mol. The number of carbonyl (C=O) groups excluding carboxylic acids is 1. The number of ether oxygens (including phenoxy) is 1. The highest BCUT2D eigenvalue weighted by Crippen LogP contribution is 2.50. The fraction of sp³-hybridized carbons (Fsp3) is 0.750. The van der Waals surface area contributed by atoms with Gasteiger partial charge in [-0.2, -0.15) is 0 Å². The van der Waals surface area contributed by atoms with E-state index < -0.39 is 0 Å². The van der Waals surface area contributed by atoms with Crippen molar-refractivity contribution in [1.82, 2.24) is 0 Å². The molecule has 0 saturated heterocycles. The van der Waals surface area contributed by atoms with E-state index >= 15 is 0 Å². The topological polar surface area (TPSA) is 26.3 Å². The van der Waals surface area contributed by atoms with Gasteiger partial charge in [-0.15, -0.1) is 0 Å². The highest BCUT2D eigenvalue weighted by Gasteiger charge is 2.44. The van der Waals surface area contributed by atoms with Crippen molar-refractivity contribution in [1.29, 1.82) is 0 Å². The Hall–Kier alpha value is -0.970. The molecule has 0 aromatic rings. The van der Waals surface area contributed by atoms with Crippen LogP contribution in [0, 0.1) is 29.1 Å². The standard InChI is InChI=1S/C12H16O2/c1-12(2)7-10(12)5-6-11(13)14-8-9-3-4-9/h9-10H,3-4,7-8H2,1-2H3. The molecule has 0 N–H and O–H groups in total. The van der Waals surface area contributed by atoms with Crippen LogP contribution in [0.1, 0.15) is 33.1 Å². The number of hydrogen-bond acceptors (Lipinski definition) is 2. The third kappa shape index (κ3) is 2.51. The van der Waals surface area contributed by atoms with Gasteiger partial charge < -0.3 is 4.74 Å². The molecule has 2 aliphatic carbocycles. The van der Waals surface area contributed by atoms with E-state index in [1.807, 2.05) is 0 Å². The van der Waals surface area contributed by atoms with Crippen LogP contribution in [0.25, 0.3) is 0 Å². The summed E-state index contributed by atoms with van der Waals surface area (Å²) in [6, 6.07) is 0. The Morgan fingerprint density at radius 1 is 1.50 bits per heavy atom. The third-order valence-electron chi connectivity index (χ3n) is 3.01.